The summed E-state index contributed by atoms with van der Waals surface area (Å²) in [4.78, 5) is 0. The molecule has 0 spiro atoms. The van der Waals surface area contributed by atoms with Gasteiger partial charge in [-0.2, -0.15) is 0 Å². The molecular formula is C15H14ClFN2O2. The van der Waals surface area contributed by atoms with Crippen LogP contribution in [0.5, 0.6) is 0 Å². The summed E-state index contributed by atoms with van der Waals surface area (Å²) in [5.74, 6) is -0.615. The van der Waals surface area contributed by atoms with Crippen molar-refractivity contribution in [1.82, 2.24) is 0 Å². The fourth-order valence-electron chi connectivity index (χ4n) is 1.77. The van der Waals surface area contributed by atoms with Gasteiger partial charge in [0.25, 0.3) is 0 Å². The van der Waals surface area contributed by atoms with E-state index in [-0.39, 0.29) is 12.4 Å². The van der Waals surface area contributed by atoms with Gasteiger partial charge in [-0.15, -0.1) is 0 Å². The van der Waals surface area contributed by atoms with Crippen molar-refractivity contribution >= 4 is 17.4 Å². The number of halogens is 2. The van der Waals surface area contributed by atoms with Crippen molar-refractivity contribution in [3.63, 3.8) is 0 Å². The zero-order valence-electron chi connectivity index (χ0n) is 11.1. The molecule has 0 aliphatic heterocycles. The van der Waals surface area contributed by atoms with Gasteiger partial charge in [-0.05, 0) is 17.7 Å². The highest BCUT2D eigenvalue weighted by molar-refractivity contribution is 6.31. The summed E-state index contributed by atoms with van der Waals surface area (Å²) in [6.45, 7) is 0.397. The summed E-state index contributed by atoms with van der Waals surface area (Å²) in [5, 5.41) is 12.0. The molecular weight excluding hydrogens is 295 g/mol. The Bertz CT molecular complexity index is 662. The van der Waals surface area contributed by atoms with Crippen molar-refractivity contribution in [2.24, 2.45) is 10.9 Å². The molecule has 0 amide bonds. The quantitative estimate of drug-likeness (QED) is 0.385. The first-order chi connectivity index (χ1) is 10.1. The second-order valence-electron chi connectivity index (χ2n) is 4.38. The fourth-order valence-corrected chi connectivity index (χ4v) is 1.96. The Morgan fingerprint density at radius 3 is 2.57 bits per heavy atom. The Morgan fingerprint density at radius 2 is 1.90 bits per heavy atom. The zero-order chi connectivity index (χ0) is 15.2. The summed E-state index contributed by atoms with van der Waals surface area (Å²) in [7, 11) is 0. The second-order valence-corrected chi connectivity index (χ2v) is 4.78. The zero-order valence-corrected chi connectivity index (χ0v) is 11.8. The summed E-state index contributed by atoms with van der Waals surface area (Å²) in [6, 6.07) is 11.6. The van der Waals surface area contributed by atoms with Gasteiger partial charge >= 0.3 is 0 Å². The molecule has 4 nitrogen and oxygen atoms in total. The van der Waals surface area contributed by atoms with Crippen LogP contribution < -0.4 is 5.73 Å². The molecule has 0 aliphatic rings. The predicted octanol–water partition coefficient (Wildman–Crippen LogP) is 3.29. The van der Waals surface area contributed by atoms with Crippen molar-refractivity contribution in [3.8, 4) is 0 Å². The molecule has 0 saturated carbocycles. The van der Waals surface area contributed by atoms with Gasteiger partial charge in [0.2, 0.25) is 0 Å². The minimum Gasteiger partial charge on any atom is -0.409 e. The lowest BCUT2D eigenvalue weighted by atomic mass is 10.1. The van der Waals surface area contributed by atoms with E-state index >= 15 is 0 Å². The molecule has 0 aromatic heterocycles. The van der Waals surface area contributed by atoms with E-state index in [1.165, 1.54) is 12.1 Å². The van der Waals surface area contributed by atoms with E-state index in [4.69, 9.17) is 27.3 Å². The third-order valence-corrected chi connectivity index (χ3v) is 3.30. The molecule has 2 aromatic rings. The topological polar surface area (TPSA) is 67.8 Å². The third kappa shape index (κ3) is 3.93. The highest BCUT2D eigenvalue weighted by Crippen LogP contribution is 2.17. The fraction of sp³-hybridized carbons (Fsp3) is 0.133. The van der Waals surface area contributed by atoms with Crippen LogP contribution in [0.15, 0.2) is 47.6 Å². The van der Waals surface area contributed by atoms with Crippen LogP contribution in [0.25, 0.3) is 0 Å². The van der Waals surface area contributed by atoms with Gasteiger partial charge < -0.3 is 15.7 Å². The molecule has 0 atom stereocenters. The Labute approximate surface area is 126 Å². The molecule has 110 valence electrons. The minimum absolute atomic E-state index is 0.105. The van der Waals surface area contributed by atoms with Crippen molar-refractivity contribution in [2.45, 2.75) is 13.2 Å². The van der Waals surface area contributed by atoms with Crippen LogP contribution in [-0.2, 0) is 18.0 Å². The summed E-state index contributed by atoms with van der Waals surface area (Å²) < 4.78 is 19.3. The molecule has 2 aromatic carbocycles. The lowest BCUT2D eigenvalue weighted by molar-refractivity contribution is 0.105. The lowest BCUT2D eigenvalue weighted by Gasteiger charge is -2.08. The number of hydrogen-bond acceptors (Lipinski definition) is 3. The maximum atomic E-state index is 13.9. The molecule has 0 bridgehead atoms. The Morgan fingerprint density at radius 1 is 1.19 bits per heavy atom. The van der Waals surface area contributed by atoms with Gasteiger partial charge in [0.15, 0.2) is 5.84 Å². The molecule has 0 saturated heterocycles. The summed E-state index contributed by atoms with van der Waals surface area (Å²) in [6.07, 6.45) is 0. The number of nitrogens with zero attached hydrogens (tertiary/aromatic N) is 1. The molecule has 0 radical (unpaired) electrons. The van der Waals surface area contributed by atoms with E-state index in [0.717, 1.165) is 5.56 Å². The van der Waals surface area contributed by atoms with E-state index < -0.39 is 5.82 Å². The minimum atomic E-state index is -0.474. The van der Waals surface area contributed by atoms with Gasteiger partial charge in [0.1, 0.15) is 5.82 Å². The van der Waals surface area contributed by atoms with Crippen LogP contribution >= 0.6 is 11.6 Å². The van der Waals surface area contributed by atoms with Crippen molar-refractivity contribution in [1.29, 1.82) is 0 Å². The number of oxime groups is 1. The largest absolute Gasteiger partial charge is 0.409 e. The standard InChI is InChI=1S/C15H14ClFN2O2/c16-13-4-2-1-3-11(13)8-21-9-12-6-5-10(7-14(12)17)15(18)19-20/h1-7,20H,8-9H2,(H2,18,19). The first-order valence-electron chi connectivity index (χ1n) is 6.19. The van der Waals surface area contributed by atoms with E-state index in [2.05, 4.69) is 5.16 Å². The maximum Gasteiger partial charge on any atom is 0.170 e. The molecule has 0 aliphatic carbocycles. The molecule has 6 heteroatoms. The first kappa shape index (κ1) is 15.3. The maximum absolute atomic E-state index is 13.9. The number of amidine groups is 1. The Kier molecular flexibility index (Phi) is 5.14. The molecule has 0 unspecified atom stereocenters. The van der Waals surface area contributed by atoms with Gasteiger partial charge in [-0.25, -0.2) is 4.39 Å². The average molecular weight is 309 g/mol. The monoisotopic (exact) mass is 308 g/mol. The lowest BCUT2D eigenvalue weighted by Crippen LogP contribution is -2.13. The van der Waals surface area contributed by atoms with Crippen molar-refractivity contribution in [3.05, 3.63) is 70.0 Å². The average Bonchev–Trinajstić information content (AvgIpc) is 2.50. The van der Waals surface area contributed by atoms with E-state index in [1.807, 2.05) is 18.2 Å². The molecule has 0 heterocycles. The highest BCUT2D eigenvalue weighted by atomic mass is 35.5. The van der Waals surface area contributed by atoms with Crippen LogP contribution in [0.2, 0.25) is 5.02 Å². The number of nitrogens with two attached hydrogens (primary N) is 1. The van der Waals surface area contributed by atoms with Crippen LogP contribution in [0.4, 0.5) is 4.39 Å². The molecule has 21 heavy (non-hydrogen) atoms. The molecule has 0 fully saturated rings. The van der Waals surface area contributed by atoms with Crippen LogP contribution in [-0.4, -0.2) is 11.0 Å². The smallest absolute Gasteiger partial charge is 0.170 e. The highest BCUT2D eigenvalue weighted by Gasteiger charge is 2.07. The van der Waals surface area contributed by atoms with Crippen LogP contribution in [0.3, 0.4) is 0 Å². The number of rotatable bonds is 5. The van der Waals surface area contributed by atoms with Gasteiger partial charge in [-0.3, -0.25) is 0 Å². The summed E-state index contributed by atoms with van der Waals surface area (Å²) in [5.41, 5.74) is 6.93. The first-order valence-corrected chi connectivity index (χ1v) is 6.57. The Hall–Kier alpha value is -2.11. The van der Waals surface area contributed by atoms with Crippen LogP contribution in [0.1, 0.15) is 16.7 Å². The number of ether oxygens (including phenoxy) is 1. The predicted molar refractivity (Wildman–Crippen MR) is 78.9 cm³/mol. The molecule has 2 rings (SSSR count). The van der Waals surface area contributed by atoms with Crippen molar-refractivity contribution < 1.29 is 14.3 Å². The number of hydrogen-bond donors (Lipinski definition) is 2. The third-order valence-electron chi connectivity index (χ3n) is 2.93. The van der Waals surface area contributed by atoms with Gasteiger partial charge in [0.05, 0.1) is 13.2 Å². The van der Waals surface area contributed by atoms with Gasteiger partial charge in [-0.1, -0.05) is 47.1 Å². The van der Waals surface area contributed by atoms with E-state index in [0.29, 0.717) is 22.8 Å². The van der Waals surface area contributed by atoms with Gasteiger partial charge in [0, 0.05) is 16.1 Å². The normalized spacial score (nSPS) is 11.6. The molecule has 3 N–H and O–H groups in total. The second kappa shape index (κ2) is 7.06. The van der Waals surface area contributed by atoms with E-state index in [1.54, 1.807) is 12.1 Å². The Balaban J connectivity index is 1.99. The number of benzene rings is 2. The van der Waals surface area contributed by atoms with Crippen LogP contribution in [0, 0.1) is 5.82 Å². The summed E-state index contributed by atoms with van der Waals surface area (Å²) >= 11 is 6.00. The van der Waals surface area contributed by atoms with E-state index in [9.17, 15) is 4.39 Å². The SMILES string of the molecule is N/C(=N\O)c1ccc(COCc2ccccc2Cl)c(F)c1. The van der Waals surface area contributed by atoms with Crippen molar-refractivity contribution in [2.75, 3.05) is 0 Å².